The van der Waals surface area contributed by atoms with Gasteiger partial charge in [-0.15, -0.1) is 0 Å². The fourth-order valence-electron chi connectivity index (χ4n) is 3.08. The van der Waals surface area contributed by atoms with Crippen LogP contribution >= 0.6 is 0 Å². The smallest absolute Gasteiger partial charge is 0.238 e. The average Bonchev–Trinajstić information content (AvgIpc) is 2.85. The zero-order valence-corrected chi connectivity index (χ0v) is 15.2. The highest BCUT2D eigenvalue weighted by atomic mass is 16.2. The van der Waals surface area contributed by atoms with Gasteiger partial charge in [0.15, 0.2) is 5.78 Å². The first-order chi connectivity index (χ1) is 12.2. The summed E-state index contributed by atoms with van der Waals surface area (Å²) >= 11 is 0. The van der Waals surface area contributed by atoms with Crippen molar-refractivity contribution in [3.63, 3.8) is 0 Å². The quantitative estimate of drug-likeness (QED) is 0.489. The van der Waals surface area contributed by atoms with Gasteiger partial charge in [0.1, 0.15) is 5.92 Å². The van der Waals surface area contributed by atoms with Crippen LogP contribution in [0, 0.1) is 17.8 Å². The number of nitrogens with two attached hydrogens (primary N) is 1. The Labute approximate surface area is 152 Å². The lowest BCUT2D eigenvalue weighted by molar-refractivity contribution is -0.137. The van der Waals surface area contributed by atoms with Crippen molar-refractivity contribution in [1.29, 1.82) is 0 Å². The van der Waals surface area contributed by atoms with Crippen molar-refractivity contribution < 1.29 is 19.2 Å². The molecule has 1 fully saturated rings. The highest BCUT2D eigenvalue weighted by Crippen LogP contribution is 2.23. The van der Waals surface area contributed by atoms with E-state index in [2.05, 4.69) is 10.6 Å². The third-order valence-corrected chi connectivity index (χ3v) is 4.67. The molecular formula is C19H25N3O4. The molecule has 7 heteroatoms. The molecule has 1 aromatic carbocycles. The normalized spacial score (nSPS) is 22.0. The standard InChI is InChI=1S/C19H25N3O4/c1-10(2)16(17(24)15-11(3)18(25)22-19(15)26)21-14(23)9-13(20)12-7-5-4-6-8-12/h4-8,10-11,13,15-16H,9,20H2,1-3H3,(H,21,23)(H,22,25,26)/t11-,13?,15+,16-/m0/s1. The Hall–Kier alpha value is -2.54. The summed E-state index contributed by atoms with van der Waals surface area (Å²) in [4.78, 5) is 48.7. The number of hydrogen-bond donors (Lipinski definition) is 3. The van der Waals surface area contributed by atoms with Crippen LogP contribution < -0.4 is 16.4 Å². The molecule has 1 unspecified atom stereocenters. The van der Waals surface area contributed by atoms with Crippen LogP contribution in [0.3, 0.4) is 0 Å². The molecule has 1 heterocycles. The fourth-order valence-corrected chi connectivity index (χ4v) is 3.08. The number of imide groups is 1. The minimum absolute atomic E-state index is 0.0197. The number of rotatable bonds is 7. The number of Topliss-reactive ketones (excluding diaryl/α,β-unsaturated/α-hetero) is 1. The van der Waals surface area contributed by atoms with E-state index in [0.717, 1.165) is 5.56 Å². The molecule has 0 aromatic heterocycles. The fraction of sp³-hybridized carbons (Fsp3) is 0.474. The first-order valence-corrected chi connectivity index (χ1v) is 8.70. The molecule has 0 bridgehead atoms. The van der Waals surface area contributed by atoms with Crippen molar-refractivity contribution >= 4 is 23.5 Å². The molecule has 1 aliphatic heterocycles. The lowest BCUT2D eigenvalue weighted by atomic mass is 9.85. The van der Waals surface area contributed by atoms with Crippen LogP contribution in [-0.4, -0.2) is 29.5 Å². The number of carbonyl (C=O) groups is 4. The van der Waals surface area contributed by atoms with E-state index in [1.54, 1.807) is 13.8 Å². The van der Waals surface area contributed by atoms with E-state index in [1.165, 1.54) is 6.92 Å². The van der Waals surface area contributed by atoms with Crippen LogP contribution in [0.5, 0.6) is 0 Å². The zero-order valence-electron chi connectivity index (χ0n) is 15.2. The van der Waals surface area contributed by atoms with E-state index in [-0.39, 0.29) is 18.2 Å². The van der Waals surface area contributed by atoms with Crippen LogP contribution in [0.25, 0.3) is 0 Å². The maximum absolute atomic E-state index is 12.8. The molecule has 0 radical (unpaired) electrons. The second-order valence-electron chi connectivity index (χ2n) is 7.03. The van der Waals surface area contributed by atoms with Crippen LogP contribution in [-0.2, 0) is 19.2 Å². The topological polar surface area (TPSA) is 118 Å². The summed E-state index contributed by atoms with van der Waals surface area (Å²) in [6.45, 7) is 5.09. The molecule has 26 heavy (non-hydrogen) atoms. The Kier molecular flexibility index (Phi) is 6.26. The summed E-state index contributed by atoms with van der Waals surface area (Å²) in [7, 11) is 0. The van der Waals surface area contributed by atoms with Gasteiger partial charge in [-0.1, -0.05) is 51.1 Å². The first-order valence-electron chi connectivity index (χ1n) is 8.70. The van der Waals surface area contributed by atoms with Crippen molar-refractivity contribution in [3.05, 3.63) is 35.9 Å². The van der Waals surface area contributed by atoms with Crippen LogP contribution in [0.1, 0.15) is 38.8 Å². The van der Waals surface area contributed by atoms with Gasteiger partial charge in [-0.3, -0.25) is 24.5 Å². The molecule has 140 valence electrons. The van der Waals surface area contributed by atoms with E-state index >= 15 is 0 Å². The highest BCUT2D eigenvalue weighted by molar-refractivity contribution is 6.16. The second kappa shape index (κ2) is 8.23. The molecule has 0 spiro atoms. The van der Waals surface area contributed by atoms with E-state index in [0.29, 0.717) is 0 Å². The number of benzene rings is 1. The first kappa shape index (κ1) is 19.8. The maximum Gasteiger partial charge on any atom is 0.238 e. The van der Waals surface area contributed by atoms with Crippen molar-refractivity contribution in [2.24, 2.45) is 23.5 Å². The molecular weight excluding hydrogens is 334 g/mol. The van der Waals surface area contributed by atoms with Gasteiger partial charge in [0.2, 0.25) is 17.7 Å². The van der Waals surface area contributed by atoms with Gasteiger partial charge in [0, 0.05) is 12.5 Å². The van der Waals surface area contributed by atoms with Crippen molar-refractivity contribution in [3.8, 4) is 0 Å². The SMILES string of the molecule is CC(C)[C@H](NC(=O)CC(N)c1ccccc1)C(=O)[C@@H]1C(=O)NC(=O)[C@H]1C. The molecule has 4 atom stereocenters. The van der Waals surface area contributed by atoms with Gasteiger partial charge >= 0.3 is 0 Å². The minimum atomic E-state index is -1.07. The Bertz CT molecular complexity index is 702. The molecule has 1 aromatic rings. The van der Waals surface area contributed by atoms with Crippen LogP contribution in [0.15, 0.2) is 30.3 Å². The Morgan fingerprint density at radius 3 is 2.27 bits per heavy atom. The lowest BCUT2D eigenvalue weighted by Gasteiger charge is -2.25. The van der Waals surface area contributed by atoms with E-state index in [1.807, 2.05) is 30.3 Å². The summed E-state index contributed by atoms with van der Waals surface area (Å²) in [6, 6.07) is 7.86. The summed E-state index contributed by atoms with van der Waals surface area (Å²) in [6.07, 6.45) is 0.0197. The summed E-state index contributed by atoms with van der Waals surface area (Å²) in [5.41, 5.74) is 6.88. The molecule has 7 nitrogen and oxygen atoms in total. The second-order valence-corrected chi connectivity index (χ2v) is 7.03. The van der Waals surface area contributed by atoms with E-state index < -0.39 is 41.5 Å². The lowest BCUT2D eigenvalue weighted by Crippen LogP contribution is -2.49. The van der Waals surface area contributed by atoms with Gasteiger partial charge in [0.05, 0.1) is 12.0 Å². The maximum atomic E-state index is 12.8. The molecule has 2 rings (SSSR count). The Morgan fingerprint density at radius 1 is 1.15 bits per heavy atom. The number of nitrogens with one attached hydrogen (secondary N) is 2. The van der Waals surface area contributed by atoms with Crippen molar-refractivity contribution in [2.45, 2.75) is 39.3 Å². The van der Waals surface area contributed by atoms with Crippen LogP contribution in [0.4, 0.5) is 0 Å². The predicted octanol–water partition coefficient (Wildman–Crippen LogP) is 0.695. The molecule has 1 aliphatic rings. The monoisotopic (exact) mass is 359 g/mol. The van der Waals surface area contributed by atoms with Gasteiger partial charge in [-0.25, -0.2) is 0 Å². The predicted molar refractivity (Wildman–Crippen MR) is 95.6 cm³/mol. The Balaban J connectivity index is 2.05. The largest absolute Gasteiger partial charge is 0.346 e. The summed E-state index contributed by atoms with van der Waals surface area (Å²) in [5, 5.41) is 4.86. The van der Waals surface area contributed by atoms with E-state index in [4.69, 9.17) is 5.73 Å². The third-order valence-electron chi connectivity index (χ3n) is 4.67. The summed E-state index contributed by atoms with van der Waals surface area (Å²) in [5.74, 6) is -3.92. The number of ketones is 1. The van der Waals surface area contributed by atoms with Crippen molar-refractivity contribution in [1.82, 2.24) is 10.6 Å². The zero-order chi connectivity index (χ0) is 19.4. The molecule has 3 amide bonds. The number of carbonyl (C=O) groups excluding carboxylic acids is 4. The van der Waals surface area contributed by atoms with Gasteiger partial charge < -0.3 is 11.1 Å². The summed E-state index contributed by atoms with van der Waals surface area (Å²) < 4.78 is 0. The van der Waals surface area contributed by atoms with E-state index in [9.17, 15) is 19.2 Å². The van der Waals surface area contributed by atoms with Gasteiger partial charge in [-0.05, 0) is 11.5 Å². The molecule has 1 saturated heterocycles. The van der Waals surface area contributed by atoms with Crippen molar-refractivity contribution in [2.75, 3.05) is 0 Å². The molecule has 0 saturated carbocycles. The minimum Gasteiger partial charge on any atom is -0.346 e. The van der Waals surface area contributed by atoms with Gasteiger partial charge in [0.25, 0.3) is 0 Å². The number of hydrogen-bond acceptors (Lipinski definition) is 5. The Morgan fingerprint density at radius 2 is 1.77 bits per heavy atom. The van der Waals surface area contributed by atoms with Gasteiger partial charge in [-0.2, -0.15) is 0 Å². The van der Waals surface area contributed by atoms with Crippen LogP contribution in [0.2, 0.25) is 0 Å². The molecule has 0 aliphatic carbocycles. The average molecular weight is 359 g/mol. The highest BCUT2D eigenvalue weighted by Gasteiger charge is 2.46. The third kappa shape index (κ3) is 4.35. The number of amides is 3. The molecule has 4 N–H and O–H groups in total.